The number of quaternary nitrogens is 1. The van der Waals surface area contributed by atoms with E-state index in [4.69, 9.17) is 33.2 Å². The second-order valence-electron chi connectivity index (χ2n) is 16.1. The van der Waals surface area contributed by atoms with Crippen LogP contribution in [0.25, 0.3) is 10.9 Å². The number of aliphatic hydroxyl groups is 1. The maximum atomic E-state index is 12.6. The molecule has 4 heterocycles. The molecule has 3 unspecified atom stereocenters. The Labute approximate surface area is 358 Å². The first-order chi connectivity index (χ1) is 29.8. The minimum atomic E-state index is -0.741. The van der Waals surface area contributed by atoms with Gasteiger partial charge >= 0.3 is 0 Å². The van der Waals surface area contributed by atoms with Crippen LogP contribution in [0.3, 0.4) is 0 Å². The first-order valence-corrected chi connectivity index (χ1v) is 20.8. The van der Waals surface area contributed by atoms with Gasteiger partial charge in [-0.1, -0.05) is 42.5 Å². The summed E-state index contributed by atoms with van der Waals surface area (Å²) in [6.07, 6.45) is 5.10. The first kappa shape index (κ1) is 41.5. The van der Waals surface area contributed by atoms with Gasteiger partial charge in [-0.2, -0.15) is 0 Å². The molecule has 9 rings (SSSR count). The summed E-state index contributed by atoms with van der Waals surface area (Å²) < 4.78 is 42.7. The molecule has 0 saturated carbocycles. The molecule has 3 aliphatic rings. The predicted molar refractivity (Wildman–Crippen MR) is 236 cm³/mol. The van der Waals surface area contributed by atoms with Crippen molar-refractivity contribution in [1.82, 2.24) is 4.98 Å². The average Bonchev–Trinajstić information content (AvgIpc) is 3.32. The fourth-order valence-corrected chi connectivity index (χ4v) is 9.21. The molecule has 2 bridgehead atoms. The Balaban J connectivity index is 1.19. The fourth-order valence-electron chi connectivity index (χ4n) is 9.21. The highest BCUT2D eigenvalue weighted by Crippen LogP contribution is 2.49. The van der Waals surface area contributed by atoms with E-state index < -0.39 is 6.10 Å². The Morgan fingerprint density at radius 2 is 1.20 bits per heavy atom. The van der Waals surface area contributed by atoms with Gasteiger partial charge < -0.3 is 42.7 Å². The zero-order chi connectivity index (χ0) is 42.3. The largest absolute Gasteiger partial charge is 0.497 e. The van der Waals surface area contributed by atoms with Gasteiger partial charge in [-0.3, -0.25) is 4.98 Å². The topological polar surface area (TPSA) is 97.7 Å². The highest BCUT2D eigenvalue weighted by atomic mass is 16.5. The lowest BCUT2D eigenvalue weighted by atomic mass is 9.71. The zero-order valence-corrected chi connectivity index (χ0v) is 35.4. The van der Waals surface area contributed by atoms with E-state index in [1.54, 1.807) is 34.6 Å². The normalized spacial score (nSPS) is 19.8. The lowest BCUT2D eigenvalue weighted by molar-refractivity contribution is -0.984. The van der Waals surface area contributed by atoms with Crippen molar-refractivity contribution in [2.75, 3.05) is 41.5 Å². The number of aliphatic hydroxyl groups excluding tert-OH is 1. The van der Waals surface area contributed by atoms with Crippen LogP contribution in [0.5, 0.6) is 40.2 Å². The summed E-state index contributed by atoms with van der Waals surface area (Å²) in [6, 6.07) is 35.5. The van der Waals surface area contributed by atoms with Crippen LogP contribution in [0.2, 0.25) is 0 Å². The van der Waals surface area contributed by atoms with Crippen molar-refractivity contribution >= 4 is 10.9 Å². The van der Waals surface area contributed by atoms with E-state index in [9.17, 15) is 5.11 Å². The Morgan fingerprint density at radius 3 is 1.72 bits per heavy atom. The number of pyridine rings is 1. The zero-order valence-electron chi connectivity index (χ0n) is 35.4. The highest BCUT2D eigenvalue weighted by molar-refractivity contribution is 5.84. The molecular formula is C51H55N2O8+. The molecule has 3 fully saturated rings. The molecule has 316 valence electrons. The molecule has 5 atom stereocenters. The van der Waals surface area contributed by atoms with E-state index in [2.05, 4.69) is 29.8 Å². The maximum absolute atomic E-state index is 12.6. The minimum absolute atomic E-state index is 0.0786. The summed E-state index contributed by atoms with van der Waals surface area (Å²) in [4.78, 5) is 4.63. The van der Waals surface area contributed by atoms with Crippen LogP contribution in [-0.2, 0) is 26.4 Å². The number of hydrogen-bond donors (Lipinski definition) is 1. The molecule has 0 amide bonds. The molecular weight excluding hydrogens is 769 g/mol. The van der Waals surface area contributed by atoms with E-state index in [-0.39, 0.29) is 12.6 Å². The van der Waals surface area contributed by atoms with E-state index in [0.717, 1.165) is 87.6 Å². The van der Waals surface area contributed by atoms with Gasteiger partial charge in [-0.15, -0.1) is 6.58 Å². The smallest absolute Gasteiger partial charge is 0.203 e. The number of hydrogen-bond acceptors (Lipinski definition) is 9. The number of ether oxygens (including phenoxy) is 7. The fraction of sp³-hybridized carbons (Fsp3) is 0.314. The van der Waals surface area contributed by atoms with Crippen LogP contribution in [-0.4, -0.2) is 62.1 Å². The minimum Gasteiger partial charge on any atom is -0.497 e. The van der Waals surface area contributed by atoms with E-state index in [1.807, 2.05) is 97.1 Å². The molecule has 5 aromatic carbocycles. The summed E-state index contributed by atoms with van der Waals surface area (Å²) >= 11 is 0. The summed E-state index contributed by atoms with van der Waals surface area (Å²) in [7, 11) is 6.63. The SMILES string of the molecule is C=CC1C[N+]2(Cc3cc(OCc4ccc(OC)cc4)c(OCc4ccc(OC)cc4)c(OCc4ccc(OC)cc4)c3)CCC1C[C@H]2[C@H](O)c1ccnc2ccc(OC)cc12. The van der Waals surface area contributed by atoms with Crippen LogP contribution >= 0.6 is 0 Å². The van der Waals surface area contributed by atoms with Gasteiger partial charge in [-0.25, -0.2) is 0 Å². The van der Waals surface area contributed by atoms with Crippen molar-refractivity contribution in [2.24, 2.45) is 11.8 Å². The van der Waals surface area contributed by atoms with E-state index >= 15 is 0 Å². The molecule has 0 radical (unpaired) electrons. The van der Waals surface area contributed by atoms with Gasteiger partial charge in [0.2, 0.25) is 5.75 Å². The third-order valence-electron chi connectivity index (χ3n) is 12.6. The van der Waals surface area contributed by atoms with Gasteiger partial charge in [0, 0.05) is 35.9 Å². The Hall–Kier alpha value is -6.23. The van der Waals surface area contributed by atoms with E-state index in [1.165, 1.54) is 0 Å². The standard InChI is InChI=1S/C51H55N2O8/c1-6-38-30-53(24-22-39(38)27-47(53)50(54)44-21-23-52-46-20-19-43(58-5)28-45(44)46)29-37-25-48(59-31-34-7-13-40(55-2)14-8-34)51(61-33-36-11-17-42(57-4)18-12-36)49(26-37)60-32-35-9-15-41(56-3)16-10-35/h6-21,23,25-26,28,38-39,47,50,54H,1,22,24,27,29-33H2,2-5H3/q+1/t38?,39?,47-,50+,53?/m0/s1. The Bertz CT molecular complexity index is 2350. The van der Waals surface area contributed by atoms with Crippen LogP contribution in [0.1, 0.15) is 46.8 Å². The number of nitrogens with zero attached hydrogens (tertiary/aromatic N) is 2. The number of aromatic nitrogens is 1. The summed E-state index contributed by atoms with van der Waals surface area (Å²) in [5.74, 6) is 5.48. The van der Waals surface area contributed by atoms with Gasteiger partial charge in [0.15, 0.2) is 11.5 Å². The molecule has 1 aromatic heterocycles. The Kier molecular flexibility index (Phi) is 12.6. The first-order valence-electron chi connectivity index (χ1n) is 20.8. The van der Waals surface area contributed by atoms with Crippen molar-refractivity contribution < 1.29 is 42.7 Å². The van der Waals surface area contributed by atoms with Crippen LogP contribution in [0.4, 0.5) is 0 Å². The predicted octanol–water partition coefficient (Wildman–Crippen LogP) is 9.65. The number of fused-ring (bicyclic) bond motifs is 4. The highest BCUT2D eigenvalue weighted by Gasteiger charge is 2.54. The molecule has 10 nitrogen and oxygen atoms in total. The summed E-state index contributed by atoms with van der Waals surface area (Å²) in [5.41, 5.74) is 5.63. The second-order valence-corrected chi connectivity index (χ2v) is 16.1. The summed E-state index contributed by atoms with van der Waals surface area (Å²) in [6.45, 7) is 7.57. The molecule has 0 aliphatic carbocycles. The van der Waals surface area contributed by atoms with E-state index in [0.29, 0.717) is 53.3 Å². The van der Waals surface area contributed by atoms with Crippen molar-refractivity contribution in [3.63, 3.8) is 0 Å². The molecule has 61 heavy (non-hydrogen) atoms. The van der Waals surface area contributed by atoms with Crippen molar-refractivity contribution in [1.29, 1.82) is 0 Å². The number of rotatable bonds is 18. The second kappa shape index (κ2) is 18.6. The lowest BCUT2D eigenvalue weighted by Crippen LogP contribution is -2.67. The monoisotopic (exact) mass is 823 g/mol. The Morgan fingerprint density at radius 1 is 0.672 bits per heavy atom. The number of piperidine rings is 3. The van der Waals surface area contributed by atoms with Gasteiger partial charge in [0.1, 0.15) is 61.5 Å². The van der Waals surface area contributed by atoms with Crippen molar-refractivity contribution in [2.45, 2.75) is 51.4 Å². The molecule has 6 aromatic rings. The van der Waals surface area contributed by atoms with Gasteiger partial charge in [0.25, 0.3) is 0 Å². The molecule has 3 aliphatic heterocycles. The van der Waals surface area contributed by atoms with Crippen molar-refractivity contribution in [3.8, 4) is 40.2 Å². The molecule has 1 N–H and O–H groups in total. The third kappa shape index (κ3) is 9.11. The van der Waals surface area contributed by atoms with Crippen LogP contribution < -0.4 is 33.2 Å². The number of benzene rings is 5. The molecule has 10 heteroatoms. The van der Waals surface area contributed by atoms with Crippen LogP contribution in [0.15, 0.2) is 128 Å². The third-order valence-corrected chi connectivity index (χ3v) is 12.6. The molecule has 3 saturated heterocycles. The lowest BCUT2D eigenvalue weighted by Gasteiger charge is -2.58. The van der Waals surface area contributed by atoms with Crippen molar-refractivity contribution in [3.05, 3.63) is 156 Å². The maximum Gasteiger partial charge on any atom is 0.203 e. The number of methoxy groups -OCH3 is 4. The summed E-state index contributed by atoms with van der Waals surface area (Å²) in [5, 5.41) is 13.5. The quantitative estimate of drug-likeness (QED) is 0.0672. The average molecular weight is 824 g/mol. The van der Waals surface area contributed by atoms with Gasteiger partial charge in [-0.05, 0) is 101 Å². The van der Waals surface area contributed by atoms with Crippen LogP contribution in [0, 0.1) is 11.8 Å². The van der Waals surface area contributed by atoms with Gasteiger partial charge in [0.05, 0.1) is 47.0 Å². The molecule has 0 spiro atoms.